The molecule has 488 valence electrons. The molecule has 0 spiro atoms. The molecule has 3 fully saturated rings. The van der Waals surface area contributed by atoms with Crippen LogP contribution in [0.4, 0.5) is 0 Å². The second-order valence-corrected chi connectivity index (χ2v) is 23.2. The quantitative estimate of drug-likeness (QED) is 0.0379. The molecular formula is C76H82O17. The first-order valence-electron chi connectivity index (χ1n) is 31.7. The number of benzene rings is 8. The molecule has 0 saturated carbocycles. The highest BCUT2D eigenvalue weighted by Gasteiger charge is 2.57. The fraction of sp³-hybridized carbons (Fsp3) is 0.355. The van der Waals surface area contributed by atoms with Crippen LogP contribution in [0.5, 0.6) is 0 Å². The Morgan fingerprint density at radius 2 is 0.602 bits per heavy atom. The maximum Gasteiger partial charge on any atom is 0.303 e. The summed E-state index contributed by atoms with van der Waals surface area (Å²) in [7, 11) is 0. The standard InChI is InChI=1S/C76H82O17/c1-53(77)88-73-68(84-46-58-34-18-6-19-35-58)65(78)62(50-80-42-54-26-10-2-11-27-54)90-76(73)93-70-66(83-45-57-32-16-5-17-33-57)63(51-81-43-55-28-12-3-13-29-55)91-75(72(70)87-49-61-40-24-9-25-41-61)92-67-64(52-82-44-56-30-14-4-15-31-56)89-74(79)71(86-48-60-38-22-8-23-39-60)69(67)85-47-59-36-20-7-21-37-59/h2-41,62-76,78-79H,42-52H2,1H3/t62-,63-,64-,65-,66+,67-,68+,69+,70+,71-,72-,73+,74-,75+,76+/m1/s1. The minimum atomic E-state index is -1.53. The van der Waals surface area contributed by atoms with E-state index in [-0.39, 0.29) is 72.7 Å². The third-order valence-electron chi connectivity index (χ3n) is 16.3. The van der Waals surface area contributed by atoms with Crippen molar-refractivity contribution in [2.75, 3.05) is 19.8 Å². The molecule has 3 heterocycles. The Balaban J connectivity index is 1.02. The van der Waals surface area contributed by atoms with Crippen molar-refractivity contribution in [2.24, 2.45) is 0 Å². The highest BCUT2D eigenvalue weighted by Crippen LogP contribution is 2.39. The maximum absolute atomic E-state index is 13.6. The average Bonchev–Trinajstić information content (AvgIpc) is 0.907. The van der Waals surface area contributed by atoms with Crippen LogP contribution in [-0.4, -0.2) is 128 Å². The Bertz CT molecular complexity index is 3370. The van der Waals surface area contributed by atoms with Gasteiger partial charge < -0.3 is 76.5 Å². The molecule has 3 aliphatic heterocycles. The first kappa shape index (κ1) is 67.1. The summed E-state index contributed by atoms with van der Waals surface area (Å²) in [5.74, 6) is -0.684. The van der Waals surface area contributed by atoms with Crippen LogP contribution in [0.25, 0.3) is 0 Å². The van der Waals surface area contributed by atoms with Crippen LogP contribution in [-0.2, 0) is 124 Å². The highest BCUT2D eigenvalue weighted by molar-refractivity contribution is 5.66. The van der Waals surface area contributed by atoms with Crippen molar-refractivity contribution in [2.45, 2.75) is 152 Å². The molecule has 17 heteroatoms. The van der Waals surface area contributed by atoms with Crippen LogP contribution >= 0.6 is 0 Å². The van der Waals surface area contributed by atoms with E-state index in [1.807, 2.05) is 243 Å². The number of rotatable bonds is 32. The Hall–Kier alpha value is -7.37. The fourth-order valence-electron chi connectivity index (χ4n) is 11.6. The lowest BCUT2D eigenvalue weighted by Gasteiger charge is -2.51. The number of hydrogen-bond acceptors (Lipinski definition) is 17. The Kier molecular flexibility index (Phi) is 25.4. The van der Waals surface area contributed by atoms with Crippen molar-refractivity contribution in [3.63, 3.8) is 0 Å². The summed E-state index contributed by atoms with van der Waals surface area (Å²) >= 11 is 0. The summed E-state index contributed by atoms with van der Waals surface area (Å²) in [6.45, 7) is 1.89. The van der Waals surface area contributed by atoms with Crippen molar-refractivity contribution in [3.8, 4) is 0 Å². The SMILES string of the molecule is CC(=O)O[C@@H]1[C@H](O[C@H]2[C@@H](OCc3ccccc3)[C@@H](COCc3ccccc3)O[C@@H](O[C@H]3[C@H](OCc4ccccc4)[C@@H](OCc4ccccc4)[C@H](O)O[C@@H]3COCc3ccccc3)[C@@H]2OCc2ccccc2)O[C@H](COCc2ccccc2)[C@@H](O)[C@@H]1OCc1ccccc1. The number of ether oxygens (including phenoxy) is 14. The van der Waals surface area contributed by atoms with Crippen LogP contribution in [0.1, 0.15) is 51.4 Å². The second kappa shape index (κ2) is 35.2. The number of aliphatic hydroxyl groups excluding tert-OH is 2. The normalized spacial score (nSPS) is 26.3. The van der Waals surface area contributed by atoms with Crippen LogP contribution in [0, 0.1) is 0 Å². The van der Waals surface area contributed by atoms with Gasteiger partial charge in [-0.15, -0.1) is 0 Å². The van der Waals surface area contributed by atoms with E-state index in [4.69, 9.17) is 66.3 Å². The van der Waals surface area contributed by atoms with Gasteiger partial charge in [-0.1, -0.05) is 243 Å². The number of aliphatic hydroxyl groups is 2. The molecule has 15 atom stereocenters. The van der Waals surface area contributed by atoms with E-state index in [0.29, 0.717) is 0 Å². The van der Waals surface area contributed by atoms with Gasteiger partial charge in [0.1, 0.15) is 67.1 Å². The van der Waals surface area contributed by atoms with E-state index in [2.05, 4.69) is 0 Å². The van der Waals surface area contributed by atoms with E-state index in [1.165, 1.54) is 6.92 Å². The van der Waals surface area contributed by atoms with Gasteiger partial charge in [-0.25, -0.2) is 0 Å². The Morgan fingerprint density at radius 1 is 0.312 bits per heavy atom. The van der Waals surface area contributed by atoms with Crippen molar-refractivity contribution in [1.29, 1.82) is 0 Å². The molecule has 0 bridgehead atoms. The van der Waals surface area contributed by atoms with Gasteiger partial charge >= 0.3 is 5.97 Å². The van der Waals surface area contributed by atoms with Gasteiger partial charge in [0, 0.05) is 6.92 Å². The molecule has 8 aromatic carbocycles. The van der Waals surface area contributed by atoms with E-state index in [1.54, 1.807) is 0 Å². The van der Waals surface area contributed by atoms with Gasteiger partial charge in [0.15, 0.2) is 25.0 Å². The van der Waals surface area contributed by atoms with Crippen LogP contribution in [0.2, 0.25) is 0 Å². The van der Waals surface area contributed by atoms with Gasteiger partial charge in [0.2, 0.25) is 0 Å². The van der Waals surface area contributed by atoms with Gasteiger partial charge in [-0.05, 0) is 44.5 Å². The Labute approximate surface area is 543 Å². The molecule has 17 nitrogen and oxygen atoms in total. The molecule has 11 rings (SSSR count). The van der Waals surface area contributed by atoms with Crippen LogP contribution < -0.4 is 0 Å². The lowest BCUT2D eigenvalue weighted by atomic mass is 9.95. The van der Waals surface area contributed by atoms with Gasteiger partial charge in [0.25, 0.3) is 0 Å². The first-order chi connectivity index (χ1) is 45.8. The average molecular weight is 1270 g/mol. The van der Waals surface area contributed by atoms with E-state index < -0.39 is 98.1 Å². The number of carbonyl (C=O) groups excluding carboxylic acids is 1. The molecule has 3 aliphatic rings. The van der Waals surface area contributed by atoms with Gasteiger partial charge in [-0.2, -0.15) is 0 Å². The summed E-state index contributed by atoms with van der Waals surface area (Å²) < 4.78 is 96.4. The van der Waals surface area contributed by atoms with E-state index in [0.717, 1.165) is 44.5 Å². The monoisotopic (exact) mass is 1270 g/mol. The minimum Gasteiger partial charge on any atom is -0.454 e. The zero-order valence-electron chi connectivity index (χ0n) is 52.1. The zero-order chi connectivity index (χ0) is 63.8. The van der Waals surface area contributed by atoms with Crippen molar-refractivity contribution < 1.29 is 81.3 Å². The zero-order valence-corrected chi connectivity index (χ0v) is 52.1. The molecule has 8 aromatic rings. The topological polar surface area (TPSA) is 187 Å². The fourth-order valence-corrected chi connectivity index (χ4v) is 11.6. The lowest BCUT2D eigenvalue weighted by molar-refractivity contribution is -0.392. The third kappa shape index (κ3) is 19.6. The van der Waals surface area contributed by atoms with Gasteiger partial charge in [-0.3, -0.25) is 4.79 Å². The smallest absolute Gasteiger partial charge is 0.303 e. The second-order valence-electron chi connectivity index (χ2n) is 23.2. The molecule has 93 heavy (non-hydrogen) atoms. The minimum absolute atomic E-state index is 0.00574. The summed E-state index contributed by atoms with van der Waals surface area (Å²) in [5, 5.41) is 24.7. The largest absolute Gasteiger partial charge is 0.454 e. The summed E-state index contributed by atoms with van der Waals surface area (Å²) in [4.78, 5) is 13.6. The number of carbonyl (C=O) groups is 1. The summed E-state index contributed by atoms with van der Waals surface area (Å²) in [6, 6.07) is 77.3. The van der Waals surface area contributed by atoms with Crippen molar-refractivity contribution in [3.05, 3.63) is 287 Å². The Morgan fingerprint density at radius 3 is 0.989 bits per heavy atom. The number of hydrogen-bond donors (Lipinski definition) is 2. The molecule has 0 aromatic heterocycles. The van der Waals surface area contributed by atoms with Crippen LogP contribution in [0.15, 0.2) is 243 Å². The molecule has 0 amide bonds. The summed E-state index contributed by atoms with van der Waals surface area (Å²) in [5.41, 5.74) is 6.89. The summed E-state index contributed by atoms with van der Waals surface area (Å²) in [6.07, 6.45) is -18.6. The maximum atomic E-state index is 13.6. The van der Waals surface area contributed by atoms with Crippen molar-refractivity contribution in [1.82, 2.24) is 0 Å². The third-order valence-corrected chi connectivity index (χ3v) is 16.3. The van der Waals surface area contributed by atoms with Gasteiger partial charge in [0.05, 0.1) is 72.7 Å². The molecule has 0 aliphatic carbocycles. The highest BCUT2D eigenvalue weighted by atomic mass is 16.8. The molecular weight excluding hydrogens is 1180 g/mol. The molecule has 3 saturated heterocycles. The lowest BCUT2D eigenvalue weighted by Crippen LogP contribution is -2.68. The predicted octanol–water partition coefficient (Wildman–Crippen LogP) is 10.8. The molecule has 2 N–H and O–H groups in total. The van der Waals surface area contributed by atoms with Crippen LogP contribution in [0.3, 0.4) is 0 Å². The van der Waals surface area contributed by atoms with E-state index in [9.17, 15) is 15.0 Å². The van der Waals surface area contributed by atoms with E-state index >= 15 is 0 Å². The number of esters is 1. The molecule has 0 radical (unpaired) electrons. The first-order valence-corrected chi connectivity index (χ1v) is 31.7. The predicted molar refractivity (Wildman–Crippen MR) is 343 cm³/mol. The van der Waals surface area contributed by atoms with Crippen molar-refractivity contribution >= 4 is 5.97 Å². The molecule has 0 unspecified atom stereocenters.